The molecule has 1 aliphatic rings. The third-order valence-corrected chi connectivity index (χ3v) is 2.35. The Hall–Kier alpha value is -0.870. The zero-order valence-electron chi connectivity index (χ0n) is 9.22. The molecule has 3 nitrogen and oxygen atoms in total. The SMILES string of the molecule is CC(C)(C)OC(=O)N[C@@H]1CC[C@@H]1C(F)F. The molecular formula is C10H17F2NO2. The highest BCUT2D eigenvalue weighted by Crippen LogP contribution is 2.32. The van der Waals surface area contributed by atoms with Gasteiger partial charge in [-0.15, -0.1) is 0 Å². The van der Waals surface area contributed by atoms with Gasteiger partial charge in [0.25, 0.3) is 0 Å². The summed E-state index contributed by atoms with van der Waals surface area (Å²) in [5, 5.41) is 2.46. The summed E-state index contributed by atoms with van der Waals surface area (Å²) in [7, 11) is 0. The van der Waals surface area contributed by atoms with E-state index >= 15 is 0 Å². The van der Waals surface area contributed by atoms with Crippen LogP contribution in [-0.4, -0.2) is 24.2 Å². The lowest BCUT2D eigenvalue weighted by atomic mass is 9.80. The Kier molecular flexibility index (Phi) is 3.52. The van der Waals surface area contributed by atoms with Crippen LogP contribution in [0, 0.1) is 5.92 Å². The first-order valence-corrected chi connectivity index (χ1v) is 5.07. The minimum atomic E-state index is -2.36. The van der Waals surface area contributed by atoms with Crippen molar-refractivity contribution in [3.8, 4) is 0 Å². The lowest BCUT2D eigenvalue weighted by Gasteiger charge is -2.36. The van der Waals surface area contributed by atoms with Crippen molar-refractivity contribution in [2.45, 2.75) is 51.7 Å². The van der Waals surface area contributed by atoms with Crippen LogP contribution in [0.15, 0.2) is 0 Å². The fourth-order valence-electron chi connectivity index (χ4n) is 1.47. The molecule has 2 atom stereocenters. The molecule has 0 aliphatic heterocycles. The number of ether oxygens (including phenoxy) is 1. The van der Waals surface area contributed by atoms with E-state index in [2.05, 4.69) is 5.32 Å². The highest BCUT2D eigenvalue weighted by Gasteiger charge is 2.39. The van der Waals surface area contributed by atoms with E-state index in [1.165, 1.54) is 0 Å². The maximum atomic E-state index is 12.3. The average molecular weight is 221 g/mol. The zero-order chi connectivity index (χ0) is 11.6. The molecule has 88 valence electrons. The Morgan fingerprint density at radius 2 is 2.00 bits per heavy atom. The molecule has 0 saturated heterocycles. The number of hydrogen-bond acceptors (Lipinski definition) is 2. The number of rotatable bonds is 2. The maximum Gasteiger partial charge on any atom is 0.407 e. The second-order valence-electron chi connectivity index (χ2n) is 4.83. The summed E-state index contributed by atoms with van der Waals surface area (Å²) in [6, 6.07) is -0.431. The van der Waals surface area contributed by atoms with Crippen molar-refractivity contribution in [1.82, 2.24) is 5.32 Å². The molecule has 0 unspecified atom stereocenters. The summed E-state index contributed by atoms with van der Waals surface area (Å²) in [5.74, 6) is -0.711. The van der Waals surface area contributed by atoms with Crippen LogP contribution in [-0.2, 0) is 4.74 Å². The van der Waals surface area contributed by atoms with Crippen molar-refractivity contribution in [2.75, 3.05) is 0 Å². The summed E-state index contributed by atoms with van der Waals surface area (Å²) in [6.07, 6.45) is -1.90. The standard InChI is InChI=1S/C10H17F2NO2/c1-10(2,3)15-9(14)13-7-5-4-6(7)8(11)12/h6-8H,4-5H2,1-3H3,(H,13,14)/t6-,7+/m0/s1. The highest BCUT2D eigenvalue weighted by atomic mass is 19.3. The van der Waals surface area contributed by atoms with E-state index in [-0.39, 0.29) is 0 Å². The molecule has 0 aromatic rings. The first-order chi connectivity index (χ1) is 6.79. The second kappa shape index (κ2) is 4.33. The molecule has 0 aromatic carbocycles. The van der Waals surface area contributed by atoms with Gasteiger partial charge in [0.05, 0.1) is 0 Å². The quantitative estimate of drug-likeness (QED) is 0.778. The number of carbonyl (C=O) groups is 1. The molecule has 1 fully saturated rings. The minimum absolute atomic E-state index is 0.431. The van der Waals surface area contributed by atoms with E-state index in [1.807, 2.05) is 0 Å². The van der Waals surface area contributed by atoms with Crippen LogP contribution in [0.5, 0.6) is 0 Å². The third-order valence-electron chi connectivity index (χ3n) is 2.35. The van der Waals surface area contributed by atoms with Gasteiger partial charge >= 0.3 is 6.09 Å². The molecule has 0 spiro atoms. The summed E-state index contributed by atoms with van der Waals surface area (Å²) in [4.78, 5) is 11.3. The third kappa shape index (κ3) is 3.64. The van der Waals surface area contributed by atoms with Gasteiger partial charge in [-0.3, -0.25) is 0 Å². The molecule has 0 heterocycles. The molecular weight excluding hydrogens is 204 g/mol. The van der Waals surface area contributed by atoms with Crippen LogP contribution in [0.2, 0.25) is 0 Å². The maximum absolute atomic E-state index is 12.3. The molecule has 1 aliphatic carbocycles. The minimum Gasteiger partial charge on any atom is -0.444 e. The Bertz CT molecular complexity index is 238. The summed E-state index contributed by atoms with van der Waals surface area (Å²) < 4.78 is 29.6. The van der Waals surface area contributed by atoms with Crippen LogP contribution < -0.4 is 5.32 Å². The van der Waals surface area contributed by atoms with Crippen LogP contribution in [0.4, 0.5) is 13.6 Å². The molecule has 15 heavy (non-hydrogen) atoms. The molecule has 1 amide bonds. The smallest absolute Gasteiger partial charge is 0.407 e. The van der Waals surface area contributed by atoms with Crippen molar-refractivity contribution in [2.24, 2.45) is 5.92 Å². The molecule has 1 rings (SSSR count). The van der Waals surface area contributed by atoms with Crippen molar-refractivity contribution >= 4 is 6.09 Å². The summed E-state index contributed by atoms with van der Waals surface area (Å²) in [6.45, 7) is 5.20. The fourth-order valence-corrected chi connectivity index (χ4v) is 1.47. The van der Waals surface area contributed by atoms with Gasteiger partial charge in [0.1, 0.15) is 5.60 Å². The number of nitrogens with one attached hydrogen (secondary N) is 1. The lowest BCUT2D eigenvalue weighted by molar-refractivity contribution is -0.00116. The molecule has 5 heteroatoms. The first-order valence-electron chi connectivity index (χ1n) is 5.07. The van der Waals surface area contributed by atoms with E-state index in [4.69, 9.17) is 4.74 Å². The Balaban J connectivity index is 2.33. The number of halogens is 2. The molecule has 1 saturated carbocycles. The predicted molar refractivity (Wildman–Crippen MR) is 51.9 cm³/mol. The molecule has 0 radical (unpaired) electrons. The normalized spacial score (nSPS) is 26.0. The van der Waals surface area contributed by atoms with Gasteiger partial charge in [0.15, 0.2) is 0 Å². The predicted octanol–water partition coefficient (Wildman–Crippen LogP) is 2.55. The topological polar surface area (TPSA) is 38.3 Å². The average Bonchev–Trinajstić information content (AvgIpc) is 1.93. The Labute approximate surface area is 88.2 Å². The lowest BCUT2D eigenvalue weighted by Crippen LogP contribution is -2.50. The van der Waals surface area contributed by atoms with Gasteiger partial charge in [-0.25, -0.2) is 13.6 Å². The number of carbonyl (C=O) groups excluding carboxylic acids is 1. The number of alkyl carbamates (subject to hydrolysis) is 1. The van der Waals surface area contributed by atoms with E-state index < -0.39 is 30.1 Å². The van der Waals surface area contributed by atoms with Crippen molar-refractivity contribution < 1.29 is 18.3 Å². The van der Waals surface area contributed by atoms with Crippen LogP contribution >= 0.6 is 0 Å². The number of hydrogen-bond donors (Lipinski definition) is 1. The first kappa shape index (κ1) is 12.2. The number of alkyl halides is 2. The van der Waals surface area contributed by atoms with E-state index in [0.717, 1.165) is 0 Å². The van der Waals surface area contributed by atoms with Crippen molar-refractivity contribution in [1.29, 1.82) is 0 Å². The van der Waals surface area contributed by atoms with Gasteiger partial charge in [-0.2, -0.15) is 0 Å². The second-order valence-corrected chi connectivity index (χ2v) is 4.83. The van der Waals surface area contributed by atoms with Crippen LogP contribution in [0.25, 0.3) is 0 Å². The molecule has 0 bridgehead atoms. The summed E-state index contributed by atoms with van der Waals surface area (Å²) in [5.41, 5.74) is -0.589. The van der Waals surface area contributed by atoms with Gasteiger partial charge in [0, 0.05) is 12.0 Å². The fraction of sp³-hybridized carbons (Fsp3) is 0.900. The summed E-state index contributed by atoms with van der Waals surface area (Å²) >= 11 is 0. The van der Waals surface area contributed by atoms with E-state index in [9.17, 15) is 13.6 Å². The van der Waals surface area contributed by atoms with Crippen molar-refractivity contribution in [3.63, 3.8) is 0 Å². The van der Waals surface area contributed by atoms with Gasteiger partial charge in [-0.1, -0.05) is 0 Å². The van der Waals surface area contributed by atoms with Crippen LogP contribution in [0.3, 0.4) is 0 Å². The van der Waals surface area contributed by atoms with Gasteiger partial charge < -0.3 is 10.1 Å². The Morgan fingerprint density at radius 1 is 1.40 bits per heavy atom. The van der Waals surface area contributed by atoms with Gasteiger partial charge in [0.2, 0.25) is 6.43 Å². The highest BCUT2D eigenvalue weighted by molar-refractivity contribution is 5.68. The zero-order valence-corrected chi connectivity index (χ0v) is 9.22. The largest absolute Gasteiger partial charge is 0.444 e. The number of amides is 1. The van der Waals surface area contributed by atoms with Gasteiger partial charge in [-0.05, 0) is 33.6 Å². The Morgan fingerprint density at radius 3 is 2.33 bits per heavy atom. The van der Waals surface area contributed by atoms with E-state index in [0.29, 0.717) is 12.8 Å². The molecule has 0 aromatic heterocycles. The van der Waals surface area contributed by atoms with Crippen molar-refractivity contribution in [3.05, 3.63) is 0 Å². The molecule has 1 N–H and O–H groups in total. The monoisotopic (exact) mass is 221 g/mol. The van der Waals surface area contributed by atoms with Crippen LogP contribution in [0.1, 0.15) is 33.6 Å². The van der Waals surface area contributed by atoms with E-state index in [1.54, 1.807) is 20.8 Å².